The van der Waals surface area contributed by atoms with Gasteiger partial charge >= 0.3 is 0 Å². The Bertz CT molecular complexity index is 622. The lowest BCUT2D eigenvalue weighted by Crippen LogP contribution is -2.54. The molecule has 2 heterocycles. The van der Waals surface area contributed by atoms with Crippen LogP contribution in [0.3, 0.4) is 0 Å². The van der Waals surface area contributed by atoms with E-state index in [1.54, 1.807) is 11.1 Å². The van der Waals surface area contributed by atoms with Gasteiger partial charge in [-0.25, -0.2) is 4.98 Å². The van der Waals surface area contributed by atoms with Crippen LogP contribution in [0, 0.1) is 5.41 Å². The molecule has 6 nitrogen and oxygen atoms in total. The van der Waals surface area contributed by atoms with Crippen molar-refractivity contribution in [2.45, 2.75) is 64.6 Å². The summed E-state index contributed by atoms with van der Waals surface area (Å²) in [5, 5.41) is 6.32. The first-order chi connectivity index (χ1) is 11.9. The summed E-state index contributed by atoms with van der Waals surface area (Å²) in [7, 11) is 0. The van der Waals surface area contributed by atoms with E-state index in [1.165, 1.54) is 0 Å². The van der Waals surface area contributed by atoms with Crippen LogP contribution in [-0.4, -0.2) is 46.4 Å². The van der Waals surface area contributed by atoms with E-state index in [0.29, 0.717) is 18.4 Å². The van der Waals surface area contributed by atoms with Gasteiger partial charge in [-0.3, -0.25) is 9.59 Å². The topological polar surface area (TPSA) is 74.3 Å². The second kappa shape index (κ2) is 7.02. The van der Waals surface area contributed by atoms with E-state index in [-0.39, 0.29) is 23.3 Å². The maximum absolute atomic E-state index is 13.3. The molecule has 0 bridgehead atoms. The first-order valence-electron chi connectivity index (χ1n) is 9.14. The molecular weight excluding hydrogens is 316 g/mol. The Hall–Kier alpha value is -2.11. The molecule has 3 rings (SSSR count). The number of rotatable bonds is 5. The van der Waals surface area contributed by atoms with Crippen LogP contribution in [-0.2, 0) is 9.59 Å². The molecule has 0 aromatic carbocycles. The summed E-state index contributed by atoms with van der Waals surface area (Å²) >= 11 is 0. The zero-order chi connectivity index (χ0) is 18.0. The molecule has 136 valence electrons. The van der Waals surface area contributed by atoms with Gasteiger partial charge in [-0.1, -0.05) is 26.8 Å². The lowest BCUT2D eigenvalue weighted by Gasteiger charge is -2.35. The minimum Gasteiger partial charge on any atom is -0.358 e. The maximum Gasteiger partial charge on any atom is 0.246 e. The summed E-state index contributed by atoms with van der Waals surface area (Å²) in [5.41, 5.74) is -0.297. The van der Waals surface area contributed by atoms with Crippen molar-refractivity contribution in [1.29, 1.82) is 0 Å². The fraction of sp³-hybridized carbons (Fsp3) is 0.632. The smallest absolute Gasteiger partial charge is 0.246 e. The van der Waals surface area contributed by atoms with Gasteiger partial charge in [-0.15, -0.1) is 0 Å². The number of aromatic nitrogens is 1. The van der Waals surface area contributed by atoms with Gasteiger partial charge in [0.05, 0.1) is 0 Å². The molecule has 0 spiro atoms. The highest BCUT2D eigenvalue weighted by Crippen LogP contribution is 2.28. The SMILES string of the molecule is CC(C)(C)C(Nc1ccccn1)C(=O)N1CCC[C@H]1C(=O)NC1CC1. The molecule has 1 aromatic rings. The Morgan fingerprint density at radius 1 is 1.24 bits per heavy atom. The summed E-state index contributed by atoms with van der Waals surface area (Å²) in [4.78, 5) is 31.8. The van der Waals surface area contributed by atoms with Gasteiger partial charge in [0, 0.05) is 18.8 Å². The zero-order valence-corrected chi connectivity index (χ0v) is 15.3. The van der Waals surface area contributed by atoms with Crippen molar-refractivity contribution >= 4 is 17.6 Å². The van der Waals surface area contributed by atoms with E-state index in [2.05, 4.69) is 15.6 Å². The number of hydrogen-bond acceptors (Lipinski definition) is 4. The molecule has 1 aromatic heterocycles. The van der Waals surface area contributed by atoms with Gasteiger partial charge in [0.15, 0.2) is 0 Å². The summed E-state index contributed by atoms with van der Waals surface area (Å²) < 4.78 is 0. The molecular formula is C19H28N4O2. The Labute approximate surface area is 149 Å². The van der Waals surface area contributed by atoms with E-state index in [1.807, 2.05) is 39.0 Å². The van der Waals surface area contributed by atoms with Crippen LogP contribution < -0.4 is 10.6 Å². The van der Waals surface area contributed by atoms with Gasteiger partial charge in [0.2, 0.25) is 11.8 Å². The number of carbonyl (C=O) groups excluding carboxylic acids is 2. The average Bonchev–Trinajstić information content (AvgIpc) is 3.24. The predicted molar refractivity (Wildman–Crippen MR) is 97.0 cm³/mol. The number of pyridine rings is 1. The normalized spacial score (nSPS) is 21.7. The van der Waals surface area contributed by atoms with Gasteiger partial charge in [0.1, 0.15) is 17.9 Å². The van der Waals surface area contributed by atoms with Crippen molar-refractivity contribution in [1.82, 2.24) is 15.2 Å². The maximum atomic E-state index is 13.3. The lowest BCUT2D eigenvalue weighted by molar-refractivity contribution is -0.140. The van der Waals surface area contributed by atoms with E-state index in [9.17, 15) is 9.59 Å². The third kappa shape index (κ3) is 4.30. The summed E-state index contributed by atoms with van der Waals surface area (Å²) in [5.74, 6) is 0.652. The Kier molecular flexibility index (Phi) is 4.97. The summed E-state index contributed by atoms with van der Waals surface area (Å²) in [6.45, 7) is 6.72. The highest BCUT2D eigenvalue weighted by Gasteiger charge is 2.42. The second-order valence-electron chi connectivity index (χ2n) is 8.13. The van der Waals surface area contributed by atoms with Crippen LogP contribution in [0.15, 0.2) is 24.4 Å². The van der Waals surface area contributed by atoms with Gasteiger partial charge in [0.25, 0.3) is 0 Å². The monoisotopic (exact) mass is 344 g/mol. The fourth-order valence-electron chi connectivity index (χ4n) is 3.24. The van der Waals surface area contributed by atoms with E-state index >= 15 is 0 Å². The van der Waals surface area contributed by atoms with Crippen LogP contribution in [0.25, 0.3) is 0 Å². The highest BCUT2D eigenvalue weighted by molar-refractivity contribution is 5.92. The fourth-order valence-corrected chi connectivity index (χ4v) is 3.24. The van der Waals surface area contributed by atoms with Crippen molar-refractivity contribution in [3.05, 3.63) is 24.4 Å². The van der Waals surface area contributed by atoms with Crippen LogP contribution in [0.1, 0.15) is 46.5 Å². The van der Waals surface area contributed by atoms with E-state index in [4.69, 9.17) is 0 Å². The molecule has 2 N–H and O–H groups in total. The Morgan fingerprint density at radius 3 is 2.60 bits per heavy atom. The van der Waals surface area contributed by atoms with Crippen LogP contribution in [0.5, 0.6) is 0 Å². The molecule has 6 heteroatoms. The van der Waals surface area contributed by atoms with Crippen molar-refractivity contribution in [2.24, 2.45) is 5.41 Å². The molecule has 0 radical (unpaired) electrons. The predicted octanol–water partition coefficient (Wildman–Crippen LogP) is 2.18. The zero-order valence-electron chi connectivity index (χ0n) is 15.3. The lowest BCUT2D eigenvalue weighted by atomic mass is 9.85. The molecule has 1 saturated heterocycles. The molecule has 2 amide bonds. The van der Waals surface area contributed by atoms with Crippen molar-refractivity contribution in [3.8, 4) is 0 Å². The molecule has 2 fully saturated rings. The summed E-state index contributed by atoms with van der Waals surface area (Å²) in [6, 6.07) is 5.13. The van der Waals surface area contributed by atoms with E-state index < -0.39 is 6.04 Å². The highest BCUT2D eigenvalue weighted by atomic mass is 16.2. The quantitative estimate of drug-likeness (QED) is 0.858. The number of nitrogens with zero attached hydrogens (tertiary/aromatic N) is 2. The Morgan fingerprint density at radius 2 is 2.00 bits per heavy atom. The molecule has 25 heavy (non-hydrogen) atoms. The molecule has 1 unspecified atom stereocenters. The second-order valence-corrected chi connectivity index (χ2v) is 8.13. The van der Waals surface area contributed by atoms with Crippen molar-refractivity contribution in [3.63, 3.8) is 0 Å². The number of amides is 2. The molecule has 1 aliphatic heterocycles. The van der Waals surface area contributed by atoms with Crippen LogP contribution >= 0.6 is 0 Å². The molecule has 1 aliphatic carbocycles. The van der Waals surface area contributed by atoms with Crippen molar-refractivity contribution in [2.75, 3.05) is 11.9 Å². The number of carbonyl (C=O) groups is 2. The number of likely N-dealkylation sites (tertiary alicyclic amines) is 1. The third-order valence-electron chi connectivity index (χ3n) is 4.83. The minimum absolute atomic E-state index is 0.00107. The van der Waals surface area contributed by atoms with Gasteiger partial charge < -0.3 is 15.5 Å². The Balaban J connectivity index is 1.75. The standard InChI is InChI=1S/C19H28N4O2/c1-19(2,3)16(22-15-8-4-5-11-20-15)18(25)23-12-6-7-14(23)17(24)21-13-9-10-13/h4-5,8,11,13-14,16H,6-7,9-10,12H2,1-3H3,(H,20,22)(H,21,24)/t14-,16?/m0/s1. The first-order valence-corrected chi connectivity index (χ1v) is 9.14. The molecule has 2 atom stereocenters. The first kappa shape index (κ1) is 17.7. The van der Waals surface area contributed by atoms with Gasteiger partial charge in [-0.2, -0.15) is 0 Å². The average molecular weight is 344 g/mol. The third-order valence-corrected chi connectivity index (χ3v) is 4.83. The minimum atomic E-state index is -0.434. The number of nitrogens with one attached hydrogen (secondary N) is 2. The van der Waals surface area contributed by atoms with E-state index in [0.717, 1.165) is 25.7 Å². The largest absolute Gasteiger partial charge is 0.358 e. The summed E-state index contributed by atoms with van der Waals surface area (Å²) in [6.07, 6.45) is 5.42. The number of hydrogen-bond donors (Lipinski definition) is 2. The van der Waals surface area contributed by atoms with Crippen LogP contribution in [0.2, 0.25) is 0 Å². The number of anilines is 1. The molecule has 1 saturated carbocycles. The van der Waals surface area contributed by atoms with Crippen LogP contribution in [0.4, 0.5) is 5.82 Å². The van der Waals surface area contributed by atoms with Gasteiger partial charge in [-0.05, 0) is 43.2 Å². The molecule has 2 aliphatic rings. The van der Waals surface area contributed by atoms with Crippen molar-refractivity contribution < 1.29 is 9.59 Å².